The van der Waals surface area contributed by atoms with Gasteiger partial charge in [0.2, 0.25) is 5.91 Å². The quantitative estimate of drug-likeness (QED) is 0.558. The van der Waals surface area contributed by atoms with Gasteiger partial charge in [-0.1, -0.05) is 0 Å². The summed E-state index contributed by atoms with van der Waals surface area (Å²) < 4.78 is 4.87. The van der Waals surface area contributed by atoms with Gasteiger partial charge in [0.25, 0.3) is 0 Å². The number of amides is 1. The van der Waals surface area contributed by atoms with Crippen LogP contribution in [0.25, 0.3) is 0 Å². The Morgan fingerprint density at radius 3 is 2.75 bits per heavy atom. The Labute approximate surface area is 99.9 Å². The summed E-state index contributed by atoms with van der Waals surface area (Å²) in [5, 5.41) is 11.1. The summed E-state index contributed by atoms with van der Waals surface area (Å²) in [5.74, 6) is -0.0808. The fraction of sp³-hybridized carbons (Fsp3) is 0.800. The lowest BCUT2D eigenvalue weighted by atomic mass is 10.2. The zero-order chi connectivity index (χ0) is 12.2. The molecule has 1 amide bonds. The summed E-state index contributed by atoms with van der Waals surface area (Å²) in [6, 6.07) is 0. The second kappa shape index (κ2) is 10.8. The molecule has 0 unspecified atom stereocenters. The maximum Gasteiger partial charge on any atom is 0.313 e. The number of thioether (sulfide) groups is 1. The Morgan fingerprint density at radius 1 is 1.38 bits per heavy atom. The molecule has 0 aliphatic rings. The Hall–Kier alpha value is -0.750. The van der Waals surface area contributed by atoms with Crippen molar-refractivity contribution in [1.82, 2.24) is 5.32 Å². The Kier molecular flexibility index (Phi) is 10.3. The highest BCUT2D eigenvalue weighted by Gasteiger charge is 2.01. The summed E-state index contributed by atoms with van der Waals surface area (Å²) in [4.78, 5) is 21.4. The predicted octanol–water partition coefficient (Wildman–Crippen LogP) is 0.737. The molecule has 0 rings (SSSR count). The Balaban J connectivity index is 3.20. The predicted molar refractivity (Wildman–Crippen MR) is 63.7 cm³/mol. The number of aliphatic carboxylic acids is 1. The molecule has 0 saturated heterocycles. The maximum absolute atomic E-state index is 11.2. The third-order valence-electron chi connectivity index (χ3n) is 1.80. The smallest absolute Gasteiger partial charge is 0.313 e. The number of carbonyl (C=O) groups is 2. The average Bonchev–Trinajstić information content (AvgIpc) is 2.23. The van der Waals surface area contributed by atoms with Gasteiger partial charge < -0.3 is 15.2 Å². The summed E-state index contributed by atoms with van der Waals surface area (Å²) >= 11 is 1.30. The van der Waals surface area contributed by atoms with Crippen molar-refractivity contribution < 1.29 is 19.4 Å². The van der Waals surface area contributed by atoms with Crippen LogP contribution in [0.5, 0.6) is 0 Å². The van der Waals surface area contributed by atoms with Crippen LogP contribution < -0.4 is 5.32 Å². The van der Waals surface area contributed by atoms with Crippen LogP contribution in [0.15, 0.2) is 0 Å². The van der Waals surface area contributed by atoms with E-state index in [-0.39, 0.29) is 11.7 Å². The van der Waals surface area contributed by atoms with Crippen LogP contribution in [0.2, 0.25) is 0 Å². The molecule has 0 aromatic carbocycles. The molecule has 0 fully saturated rings. The fourth-order valence-electron chi connectivity index (χ4n) is 1.04. The van der Waals surface area contributed by atoms with Crippen LogP contribution in [0.4, 0.5) is 0 Å². The summed E-state index contributed by atoms with van der Waals surface area (Å²) in [6.45, 7) is 1.21. The number of ether oxygens (including phenoxy) is 1. The summed E-state index contributed by atoms with van der Waals surface area (Å²) in [5.41, 5.74) is 0. The van der Waals surface area contributed by atoms with Gasteiger partial charge in [-0.2, -0.15) is 0 Å². The molecule has 0 aromatic heterocycles. The average molecular weight is 249 g/mol. The van der Waals surface area contributed by atoms with E-state index in [0.29, 0.717) is 25.3 Å². The van der Waals surface area contributed by atoms with Crippen molar-refractivity contribution in [2.24, 2.45) is 0 Å². The number of hydrogen-bond acceptors (Lipinski definition) is 4. The first-order chi connectivity index (χ1) is 7.66. The van der Waals surface area contributed by atoms with Crippen molar-refractivity contribution in [1.29, 1.82) is 0 Å². The van der Waals surface area contributed by atoms with Crippen molar-refractivity contribution in [3.05, 3.63) is 0 Å². The van der Waals surface area contributed by atoms with Gasteiger partial charge in [-0.15, -0.1) is 11.8 Å². The van der Waals surface area contributed by atoms with Crippen LogP contribution >= 0.6 is 11.8 Å². The van der Waals surface area contributed by atoms with Gasteiger partial charge in [0.15, 0.2) is 0 Å². The van der Waals surface area contributed by atoms with Crippen molar-refractivity contribution in [2.45, 2.75) is 19.3 Å². The molecular formula is C10H19NO4S. The van der Waals surface area contributed by atoms with E-state index in [1.807, 2.05) is 0 Å². The standard InChI is InChI=1S/C10H19NO4S/c1-15-6-3-2-4-9(12)11-5-7-16-8-10(13)14/h2-8H2,1H3,(H,11,12)(H,13,14). The zero-order valence-electron chi connectivity index (χ0n) is 9.53. The number of carbonyl (C=O) groups excluding carboxylic acids is 1. The van der Waals surface area contributed by atoms with Crippen molar-refractivity contribution in [3.63, 3.8) is 0 Å². The lowest BCUT2D eigenvalue weighted by Gasteiger charge is -2.04. The van der Waals surface area contributed by atoms with E-state index in [2.05, 4.69) is 5.32 Å². The summed E-state index contributed by atoms with van der Waals surface area (Å²) in [6.07, 6.45) is 2.21. The Bertz CT molecular complexity index is 211. The molecule has 0 heterocycles. The van der Waals surface area contributed by atoms with Crippen LogP contribution in [0, 0.1) is 0 Å². The largest absolute Gasteiger partial charge is 0.481 e. The number of carboxylic acid groups (broad SMARTS) is 1. The molecule has 6 heteroatoms. The molecule has 0 saturated carbocycles. The first-order valence-electron chi connectivity index (χ1n) is 5.22. The van der Waals surface area contributed by atoms with Gasteiger partial charge in [-0.05, 0) is 12.8 Å². The van der Waals surface area contributed by atoms with Gasteiger partial charge in [-0.25, -0.2) is 0 Å². The van der Waals surface area contributed by atoms with E-state index in [9.17, 15) is 9.59 Å². The molecule has 0 atom stereocenters. The fourth-order valence-corrected chi connectivity index (χ4v) is 1.61. The minimum atomic E-state index is -0.823. The van der Waals surface area contributed by atoms with Crippen LogP contribution in [-0.4, -0.2) is 48.8 Å². The molecule has 0 aromatic rings. The minimum Gasteiger partial charge on any atom is -0.481 e. The Morgan fingerprint density at radius 2 is 2.12 bits per heavy atom. The van der Waals surface area contributed by atoms with Gasteiger partial charge in [0, 0.05) is 32.4 Å². The maximum atomic E-state index is 11.2. The van der Waals surface area contributed by atoms with Crippen molar-refractivity contribution in [2.75, 3.05) is 31.8 Å². The van der Waals surface area contributed by atoms with Crippen molar-refractivity contribution in [3.8, 4) is 0 Å². The summed E-state index contributed by atoms with van der Waals surface area (Å²) in [7, 11) is 1.64. The molecule has 0 aliphatic heterocycles. The van der Waals surface area contributed by atoms with Crippen molar-refractivity contribution >= 4 is 23.6 Å². The third-order valence-corrected chi connectivity index (χ3v) is 2.74. The number of unbranched alkanes of at least 4 members (excludes halogenated alkanes) is 1. The van der Waals surface area contributed by atoms with E-state index in [4.69, 9.17) is 9.84 Å². The van der Waals surface area contributed by atoms with Gasteiger partial charge in [-0.3, -0.25) is 9.59 Å². The number of nitrogens with one attached hydrogen (secondary N) is 1. The molecule has 2 N–H and O–H groups in total. The second-order valence-electron chi connectivity index (χ2n) is 3.25. The van der Waals surface area contributed by atoms with Gasteiger partial charge in [0.1, 0.15) is 0 Å². The number of hydrogen-bond donors (Lipinski definition) is 2. The third kappa shape index (κ3) is 11.3. The van der Waals surface area contributed by atoms with E-state index in [0.717, 1.165) is 12.8 Å². The molecule has 16 heavy (non-hydrogen) atoms. The second-order valence-corrected chi connectivity index (χ2v) is 4.35. The lowest BCUT2D eigenvalue weighted by molar-refractivity contribution is -0.133. The monoisotopic (exact) mass is 249 g/mol. The first-order valence-corrected chi connectivity index (χ1v) is 6.37. The normalized spacial score (nSPS) is 10.1. The van der Waals surface area contributed by atoms with E-state index < -0.39 is 5.97 Å². The molecule has 94 valence electrons. The van der Waals surface area contributed by atoms with Crippen LogP contribution in [0.3, 0.4) is 0 Å². The molecule has 0 radical (unpaired) electrons. The highest BCUT2D eigenvalue weighted by Crippen LogP contribution is 1.98. The van der Waals surface area contributed by atoms with Crippen LogP contribution in [-0.2, 0) is 14.3 Å². The molecular weight excluding hydrogens is 230 g/mol. The minimum absolute atomic E-state index is 0.0204. The van der Waals surface area contributed by atoms with E-state index >= 15 is 0 Å². The van der Waals surface area contributed by atoms with Crippen LogP contribution in [0.1, 0.15) is 19.3 Å². The van der Waals surface area contributed by atoms with E-state index in [1.54, 1.807) is 7.11 Å². The topological polar surface area (TPSA) is 75.6 Å². The SMILES string of the molecule is COCCCCC(=O)NCCSCC(=O)O. The number of carboxylic acids is 1. The van der Waals surface area contributed by atoms with Gasteiger partial charge in [0.05, 0.1) is 5.75 Å². The molecule has 0 bridgehead atoms. The zero-order valence-corrected chi connectivity index (χ0v) is 10.3. The highest BCUT2D eigenvalue weighted by molar-refractivity contribution is 7.99. The molecule has 5 nitrogen and oxygen atoms in total. The van der Waals surface area contributed by atoms with Gasteiger partial charge >= 0.3 is 5.97 Å². The number of methoxy groups -OCH3 is 1. The molecule has 0 aliphatic carbocycles. The number of rotatable bonds is 10. The lowest BCUT2D eigenvalue weighted by Crippen LogP contribution is -2.25. The first kappa shape index (κ1) is 15.2. The highest BCUT2D eigenvalue weighted by atomic mass is 32.2. The molecule has 0 spiro atoms. The van der Waals surface area contributed by atoms with E-state index in [1.165, 1.54) is 11.8 Å².